The van der Waals surface area contributed by atoms with Crippen molar-refractivity contribution < 1.29 is 28.6 Å². The molecule has 6 heteroatoms. The molecule has 0 heterocycles. The van der Waals surface area contributed by atoms with Gasteiger partial charge in [-0.15, -0.1) is 0 Å². The first kappa shape index (κ1) is 23.6. The van der Waals surface area contributed by atoms with Gasteiger partial charge in [-0.25, -0.2) is 0 Å². The van der Waals surface area contributed by atoms with Crippen molar-refractivity contribution in [1.82, 2.24) is 0 Å². The first-order valence-corrected chi connectivity index (χ1v) is 12.3. The van der Waals surface area contributed by atoms with E-state index in [9.17, 15) is 14.4 Å². The van der Waals surface area contributed by atoms with Gasteiger partial charge in [0.15, 0.2) is 0 Å². The molecule has 6 nitrogen and oxygen atoms in total. The van der Waals surface area contributed by atoms with E-state index in [1.165, 1.54) is 40.0 Å². The quantitative estimate of drug-likeness (QED) is 0.453. The normalized spacial score (nSPS) is 44.1. The van der Waals surface area contributed by atoms with Crippen LogP contribution in [-0.2, 0) is 28.6 Å². The second kappa shape index (κ2) is 7.73. The SMILES string of the molecule is CC(=O)OC[C@@]1(OC(C)=O)C[C@]23C[C@H]1CC[C@H]2[C@]1(C)CCCC(C)(C)[C@H]1C[C@@H]3OC(C)=O. The van der Waals surface area contributed by atoms with Crippen LogP contribution in [0.5, 0.6) is 0 Å². The standard InChI is InChI=1S/C26H40O6/c1-16(27)30-15-26(32-18(3)29)14-25-13-19(26)8-9-20(25)24(6)11-7-10-23(4,5)21(24)12-22(25)31-17(2)28/h19-22H,7-15H2,1-6H3/t19-,20+,21-,22+,24+,25-,26+/m1/s1. The number of hydrogen-bond acceptors (Lipinski definition) is 6. The molecule has 4 saturated carbocycles. The van der Waals surface area contributed by atoms with Crippen LogP contribution in [0.2, 0.25) is 0 Å². The number of fused-ring (bicyclic) bond motifs is 3. The summed E-state index contributed by atoms with van der Waals surface area (Å²) >= 11 is 0. The summed E-state index contributed by atoms with van der Waals surface area (Å²) in [6.07, 6.45) is 7.70. The van der Waals surface area contributed by atoms with Crippen LogP contribution in [0.3, 0.4) is 0 Å². The molecule has 0 aromatic heterocycles. The van der Waals surface area contributed by atoms with Crippen LogP contribution in [0, 0.1) is 34.0 Å². The summed E-state index contributed by atoms with van der Waals surface area (Å²) in [6, 6.07) is 0. The molecule has 32 heavy (non-hydrogen) atoms. The summed E-state index contributed by atoms with van der Waals surface area (Å²) in [4.78, 5) is 36.1. The summed E-state index contributed by atoms with van der Waals surface area (Å²) in [5.41, 5.74) is -0.717. The Morgan fingerprint density at radius 2 is 1.62 bits per heavy atom. The molecule has 0 aliphatic heterocycles. The Hall–Kier alpha value is -1.59. The highest BCUT2D eigenvalue weighted by Crippen LogP contribution is 2.73. The van der Waals surface area contributed by atoms with Crippen molar-refractivity contribution in [3.8, 4) is 0 Å². The molecule has 4 aliphatic carbocycles. The Kier molecular flexibility index (Phi) is 5.69. The van der Waals surface area contributed by atoms with Gasteiger partial charge in [0.1, 0.15) is 18.3 Å². The Balaban J connectivity index is 1.79. The Morgan fingerprint density at radius 1 is 0.906 bits per heavy atom. The van der Waals surface area contributed by atoms with E-state index in [2.05, 4.69) is 20.8 Å². The zero-order valence-electron chi connectivity index (χ0n) is 20.6. The fourth-order valence-electron chi connectivity index (χ4n) is 8.97. The molecule has 0 amide bonds. The molecule has 4 rings (SSSR count). The molecule has 180 valence electrons. The molecule has 4 aliphatic rings. The van der Waals surface area contributed by atoms with Crippen LogP contribution in [0.4, 0.5) is 0 Å². The van der Waals surface area contributed by atoms with Crippen LogP contribution in [-0.4, -0.2) is 36.2 Å². The molecule has 4 fully saturated rings. The molecule has 0 radical (unpaired) electrons. The topological polar surface area (TPSA) is 78.9 Å². The maximum Gasteiger partial charge on any atom is 0.303 e. The molecule has 0 aromatic carbocycles. The highest BCUT2D eigenvalue weighted by molar-refractivity contribution is 5.68. The van der Waals surface area contributed by atoms with Gasteiger partial charge in [-0.2, -0.15) is 0 Å². The van der Waals surface area contributed by atoms with Gasteiger partial charge in [-0.3, -0.25) is 14.4 Å². The second-order valence-electron chi connectivity index (χ2n) is 12.1. The number of carbonyl (C=O) groups excluding carboxylic acids is 3. The number of rotatable bonds is 4. The fraction of sp³-hybridized carbons (Fsp3) is 0.885. The smallest absolute Gasteiger partial charge is 0.303 e. The van der Waals surface area contributed by atoms with Gasteiger partial charge in [0, 0.05) is 38.5 Å². The van der Waals surface area contributed by atoms with E-state index < -0.39 is 5.60 Å². The Morgan fingerprint density at radius 3 is 2.25 bits per heavy atom. The van der Waals surface area contributed by atoms with E-state index in [0.717, 1.165) is 25.7 Å². The molecule has 2 bridgehead atoms. The molecule has 0 aromatic rings. The molecular formula is C26H40O6. The summed E-state index contributed by atoms with van der Waals surface area (Å²) in [7, 11) is 0. The van der Waals surface area contributed by atoms with Crippen LogP contribution >= 0.6 is 0 Å². The molecule has 0 N–H and O–H groups in total. The van der Waals surface area contributed by atoms with E-state index in [4.69, 9.17) is 14.2 Å². The lowest BCUT2D eigenvalue weighted by molar-refractivity contribution is -0.214. The minimum atomic E-state index is -0.835. The van der Waals surface area contributed by atoms with Crippen LogP contribution < -0.4 is 0 Å². The van der Waals surface area contributed by atoms with Crippen molar-refractivity contribution in [3.63, 3.8) is 0 Å². The summed E-state index contributed by atoms with van der Waals surface area (Å²) in [5, 5.41) is 0. The van der Waals surface area contributed by atoms with Gasteiger partial charge < -0.3 is 14.2 Å². The van der Waals surface area contributed by atoms with Crippen molar-refractivity contribution in [2.45, 2.75) is 105 Å². The predicted octanol–water partition coefficient (Wildman–Crippen LogP) is 4.83. The van der Waals surface area contributed by atoms with Crippen molar-refractivity contribution >= 4 is 17.9 Å². The van der Waals surface area contributed by atoms with Crippen LogP contribution in [0.15, 0.2) is 0 Å². The van der Waals surface area contributed by atoms with Crippen LogP contribution in [0.25, 0.3) is 0 Å². The number of hydrogen-bond donors (Lipinski definition) is 0. The maximum atomic E-state index is 12.2. The van der Waals surface area contributed by atoms with Gasteiger partial charge in [-0.1, -0.05) is 27.2 Å². The summed E-state index contributed by atoms with van der Waals surface area (Å²) in [5.74, 6) is 0.0269. The van der Waals surface area contributed by atoms with Gasteiger partial charge in [0.2, 0.25) is 0 Å². The van der Waals surface area contributed by atoms with Gasteiger partial charge >= 0.3 is 17.9 Å². The Bertz CT molecular complexity index is 804. The van der Waals surface area contributed by atoms with Crippen molar-refractivity contribution in [2.75, 3.05) is 6.61 Å². The third kappa shape index (κ3) is 3.56. The molecule has 1 spiro atoms. The first-order chi connectivity index (χ1) is 14.8. The number of ether oxygens (including phenoxy) is 3. The fourth-order valence-corrected chi connectivity index (χ4v) is 8.97. The average Bonchev–Trinajstić information content (AvgIpc) is 2.88. The molecule has 7 atom stereocenters. The van der Waals surface area contributed by atoms with E-state index in [1.807, 2.05) is 0 Å². The van der Waals surface area contributed by atoms with Gasteiger partial charge in [0.05, 0.1) is 0 Å². The third-order valence-electron chi connectivity index (χ3n) is 9.83. The minimum Gasteiger partial charge on any atom is -0.462 e. The van der Waals surface area contributed by atoms with Gasteiger partial charge in [0.25, 0.3) is 0 Å². The Labute approximate surface area is 192 Å². The van der Waals surface area contributed by atoms with Crippen LogP contribution in [0.1, 0.15) is 92.9 Å². The van der Waals surface area contributed by atoms with E-state index in [1.54, 1.807) is 0 Å². The van der Waals surface area contributed by atoms with Crippen molar-refractivity contribution in [1.29, 1.82) is 0 Å². The lowest BCUT2D eigenvalue weighted by atomic mass is 9.40. The summed E-state index contributed by atoms with van der Waals surface area (Å²) < 4.78 is 17.6. The van der Waals surface area contributed by atoms with E-state index in [0.29, 0.717) is 18.3 Å². The highest BCUT2D eigenvalue weighted by atomic mass is 16.6. The number of esters is 3. The lowest BCUT2D eigenvalue weighted by Crippen LogP contribution is -2.62. The maximum absolute atomic E-state index is 12.2. The monoisotopic (exact) mass is 448 g/mol. The van der Waals surface area contributed by atoms with E-state index >= 15 is 0 Å². The zero-order valence-corrected chi connectivity index (χ0v) is 20.6. The predicted molar refractivity (Wildman–Crippen MR) is 118 cm³/mol. The summed E-state index contributed by atoms with van der Waals surface area (Å²) in [6.45, 7) is 11.6. The van der Waals surface area contributed by atoms with Crippen molar-refractivity contribution in [2.24, 2.45) is 34.0 Å². The largest absolute Gasteiger partial charge is 0.462 e. The average molecular weight is 449 g/mol. The minimum absolute atomic E-state index is 0.0828. The molecule has 0 saturated heterocycles. The first-order valence-electron chi connectivity index (χ1n) is 12.3. The lowest BCUT2D eigenvalue weighted by Gasteiger charge is -2.65. The molecule has 0 unspecified atom stereocenters. The second-order valence-corrected chi connectivity index (χ2v) is 12.1. The third-order valence-corrected chi connectivity index (χ3v) is 9.83. The van der Waals surface area contributed by atoms with E-state index in [-0.39, 0.29) is 52.8 Å². The molecular weight excluding hydrogens is 408 g/mol. The van der Waals surface area contributed by atoms with Crippen molar-refractivity contribution in [3.05, 3.63) is 0 Å². The number of carbonyl (C=O) groups is 3. The highest BCUT2D eigenvalue weighted by Gasteiger charge is 2.72. The van der Waals surface area contributed by atoms with Gasteiger partial charge in [-0.05, 0) is 61.2 Å². The zero-order chi connectivity index (χ0) is 23.5.